The van der Waals surface area contributed by atoms with E-state index in [2.05, 4.69) is 10.6 Å². The maximum absolute atomic E-state index is 11.6. The molecule has 3 rings (SSSR count). The minimum atomic E-state index is -0.412. The summed E-state index contributed by atoms with van der Waals surface area (Å²) in [7, 11) is 0. The SMILES string of the molecule is CC(C)(C)OC(=O)NCC12CCC(CC1)NC2. The minimum absolute atomic E-state index is 0.269. The lowest BCUT2D eigenvalue weighted by Crippen LogP contribution is -2.55. The van der Waals surface area contributed by atoms with E-state index in [0.29, 0.717) is 0 Å². The van der Waals surface area contributed by atoms with Gasteiger partial charge in [-0.2, -0.15) is 0 Å². The quantitative estimate of drug-likeness (QED) is 0.776. The Morgan fingerprint density at radius 3 is 2.53 bits per heavy atom. The third kappa shape index (κ3) is 3.35. The van der Waals surface area contributed by atoms with E-state index in [1.165, 1.54) is 25.7 Å². The van der Waals surface area contributed by atoms with Gasteiger partial charge in [0.25, 0.3) is 0 Å². The number of carbonyl (C=O) groups is 1. The molecular weight excluding hydrogens is 216 g/mol. The van der Waals surface area contributed by atoms with E-state index in [4.69, 9.17) is 4.74 Å². The molecule has 0 aromatic heterocycles. The fraction of sp³-hybridized carbons (Fsp3) is 0.923. The molecule has 4 nitrogen and oxygen atoms in total. The number of alkyl carbamates (subject to hydrolysis) is 1. The maximum Gasteiger partial charge on any atom is 0.407 e. The Morgan fingerprint density at radius 1 is 1.41 bits per heavy atom. The van der Waals surface area contributed by atoms with Gasteiger partial charge in [0, 0.05) is 24.5 Å². The zero-order valence-corrected chi connectivity index (χ0v) is 11.1. The Balaban J connectivity index is 1.79. The van der Waals surface area contributed by atoms with Gasteiger partial charge in [-0.1, -0.05) is 0 Å². The molecule has 3 aliphatic rings. The number of fused-ring (bicyclic) bond motifs is 3. The zero-order chi connectivity index (χ0) is 12.5. The van der Waals surface area contributed by atoms with E-state index in [1.807, 2.05) is 20.8 Å². The van der Waals surface area contributed by atoms with Crippen LogP contribution in [0.4, 0.5) is 4.79 Å². The fourth-order valence-corrected chi connectivity index (χ4v) is 2.79. The first-order valence-electron chi connectivity index (χ1n) is 6.59. The van der Waals surface area contributed by atoms with E-state index in [0.717, 1.165) is 19.1 Å². The van der Waals surface area contributed by atoms with Crippen LogP contribution in [0, 0.1) is 5.41 Å². The summed E-state index contributed by atoms with van der Waals surface area (Å²) in [5.74, 6) is 0. The molecule has 2 heterocycles. The Bertz CT molecular complexity index is 275. The molecule has 4 heteroatoms. The van der Waals surface area contributed by atoms with Crippen molar-refractivity contribution in [3.05, 3.63) is 0 Å². The zero-order valence-electron chi connectivity index (χ0n) is 11.1. The third-order valence-corrected chi connectivity index (χ3v) is 3.82. The lowest BCUT2D eigenvalue weighted by molar-refractivity contribution is 0.0431. The predicted molar refractivity (Wildman–Crippen MR) is 66.9 cm³/mol. The van der Waals surface area contributed by atoms with E-state index in [1.54, 1.807) is 0 Å². The summed E-state index contributed by atoms with van der Waals surface area (Å²) in [4.78, 5) is 11.6. The second-order valence-corrected chi connectivity index (χ2v) is 6.51. The Labute approximate surface area is 103 Å². The highest BCUT2D eigenvalue weighted by atomic mass is 16.6. The Hall–Kier alpha value is -0.770. The monoisotopic (exact) mass is 240 g/mol. The second-order valence-electron chi connectivity index (χ2n) is 6.51. The van der Waals surface area contributed by atoms with Crippen molar-refractivity contribution in [2.24, 2.45) is 5.41 Å². The Kier molecular flexibility index (Phi) is 3.34. The van der Waals surface area contributed by atoms with Gasteiger partial charge in [0.15, 0.2) is 0 Å². The number of nitrogens with one attached hydrogen (secondary N) is 2. The molecule has 2 saturated heterocycles. The van der Waals surface area contributed by atoms with Crippen molar-refractivity contribution in [1.29, 1.82) is 0 Å². The van der Waals surface area contributed by atoms with Crippen molar-refractivity contribution in [1.82, 2.24) is 10.6 Å². The smallest absolute Gasteiger partial charge is 0.407 e. The summed E-state index contributed by atoms with van der Waals surface area (Å²) in [6, 6.07) is 0.721. The van der Waals surface area contributed by atoms with Gasteiger partial charge in [-0.15, -0.1) is 0 Å². The highest BCUT2D eigenvalue weighted by molar-refractivity contribution is 5.67. The minimum Gasteiger partial charge on any atom is -0.444 e. The van der Waals surface area contributed by atoms with Crippen LogP contribution in [-0.2, 0) is 4.74 Å². The molecule has 2 aliphatic heterocycles. The van der Waals surface area contributed by atoms with Crippen LogP contribution in [0.1, 0.15) is 46.5 Å². The van der Waals surface area contributed by atoms with Gasteiger partial charge in [-0.25, -0.2) is 4.79 Å². The lowest BCUT2D eigenvalue weighted by Gasteiger charge is -2.47. The van der Waals surface area contributed by atoms with Gasteiger partial charge in [0.1, 0.15) is 5.60 Å². The highest BCUT2D eigenvalue weighted by Crippen LogP contribution is 2.39. The third-order valence-electron chi connectivity index (χ3n) is 3.82. The molecule has 1 saturated carbocycles. The number of rotatable bonds is 2. The van der Waals surface area contributed by atoms with Gasteiger partial charge >= 0.3 is 6.09 Å². The van der Waals surface area contributed by atoms with Crippen LogP contribution in [0.2, 0.25) is 0 Å². The molecule has 0 unspecified atom stereocenters. The summed E-state index contributed by atoms with van der Waals surface area (Å²) in [5, 5.41) is 6.46. The summed E-state index contributed by atoms with van der Waals surface area (Å²) < 4.78 is 5.26. The molecule has 0 aromatic carbocycles. The van der Waals surface area contributed by atoms with Crippen LogP contribution >= 0.6 is 0 Å². The molecule has 0 aromatic rings. The molecule has 1 aliphatic carbocycles. The van der Waals surface area contributed by atoms with Gasteiger partial charge in [-0.3, -0.25) is 0 Å². The molecule has 0 spiro atoms. The van der Waals surface area contributed by atoms with E-state index in [-0.39, 0.29) is 11.5 Å². The van der Waals surface area contributed by atoms with Crippen LogP contribution in [-0.4, -0.2) is 30.8 Å². The first kappa shape index (κ1) is 12.7. The molecule has 0 radical (unpaired) electrons. The number of piperidine rings is 2. The van der Waals surface area contributed by atoms with Crippen LogP contribution in [0.5, 0.6) is 0 Å². The normalized spacial score (nSPS) is 32.3. The van der Waals surface area contributed by atoms with Crippen molar-refractivity contribution in [3.8, 4) is 0 Å². The van der Waals surface area contributed by atoms with Gasteiger partial charge in [0.05, 0.1) is 0 Å². The van der Waals surface area contributed by atoms with Crippen molar-refractivity contribution < 1.29 is 9.53 Å². The maximum atomic E-state index is 11.6. The first-order valence-corrected chi connectivity index (χ1v) is 6.59. The van der Waals surface area contributed by atoms with E-state index >= 15 is 0 Å². The standard InChI is InChI=1S/C13H24N2O2/c1-12(2,3)17-11(16)15-9-13-6-4-10(5-7-13)14-8-13/h10,14H,4-9H2,1-3H3,(H,15,16). The second kappa shape index (κ2) is 4.48. The van der Waals surface area contributed by atoms with Crippen molar-refractivity contribution in [2.75, 3.05) is 13.1 Å². The number of carbonyl (C=O) groups excluding carboxylic acids is 1. The average molecular weight is 240 g/mol. The Morgan fingerprint density at radius 2 is 2.06 bits per heavy atom. The first-order chi connectivity index (χ1) is 7.89. The molecule has 98 valence electrons. The number of ether oxygens (including phenoxy) is 1. The van der Waals surface area contributed by atoms with Crippen LogP contribution in [0.25, 0.3) is 0 Å². The van der Waals surface area contributed by atoms with Gasteiger partial charge in [-0.05, 0) is 46.5 Å². The predicted octanol–water partition coefficient (Wildman–Crippen LogP) is 2.04. The van der Waals surface area contributed by atoms with Gasteiger partial charge < -0.3 is 15.4 Å². The van der Waals surface area contributed by atoms with Gasteiger partial charge in [0.2, 0.25) is 0 Å². The van der Waals surface area contributed by atoms with Crippen molar-refractivity contribution in [2.45, 2.75) is 58.1 Å². The largest absolute Gasteiger partial charge is 0.444 e. The highest BCUT2D eigenvalue weighted by Gasteiger charge is 2.40. The molecule has 2 N–H and O–H groups in total. The fourth-order valence-electron chi connectivity index (χ4n) is 2.79. The van der Waals surface area contributed by atoms with Crippen molar-refractivity contribution >= 4 is 6.09 Å². The lowest BCUT2D eigenvalue weighted by atomic mass is 9.69. The summed E-state index contributed by atoms with van der Waals surface area (Å²) in [6.07, 6.45) is 4.65. The van der Waals surface area contributed by atoms with Crippen LogP contribution in [0.3, 0.4) is 0 Å². The molecule has 1 amide bonds. The van der Waals surface area contributed by atoms with Crippen LogP contribution in [0.15, 0.2) is 0 Å². The van der Waals surface area contributed by atoms with Crippen LogP contribution < -0.4 is 10.6 Å². The molecule has 3 fully saturated rings. The van der Waals surface area contributed by atoms with Crippen molar-refractivity contribution in [3.63, 3.8) is 0 Å². The average Bonchev–Trinajstić information content (AvgIpc) is 2.27. The molecular formula is C13H24N2O2. The topological polar surface area (TPSA) is 50.4 Å². The molecule has 0 atom stereocenters. The summed E-state index contributed by atoms with van der Waals surface area (Å²) >= 11 is 0. The van der Waals surface area contributed by atoms with E-state index in [9.17, 15) is 4.79 Å². The number of hydrogen-bond donors (Lipinski definition) is 2. The number of amides is 1. The summed E-state index contributed by atoms with van der Waals surface area (Å²) in [6.45, 7) is 7.43. The van der Waals surface area contributed by atoms with E-state index < -0.39 is 5.60 Å². The molecule has 2 bridgehead atoms. The number of hydrogen-bond acceptors (Lipinski definition) is 3. The summed E-state index contributed by atoms with van der Waals surface area (Å²) in [5.41, 5.74) is -0.143. The molecule has 17 heavy (non-hydrogen) atoms.